The lowest BCUT2D eigenvalue weighted by molar-refractivity contribution is 0.102. The van der Waals surface area contributed by atoms with Gasteiger partial charge in [-0.25, -0.2) is 9.37 Å². The highest BCUT2D eigenvalue weighted by Crippen LogP contribution is 2.21. The zero-order valence-electron chi connectivity index (χ0n) is 10.5. The lowest BCUT2D eigenvalue weighted by Crippen LogP contribution is -2.13. The molecule has 0 spiro atoms. The van der Waals surface area contributed by atoms with E-state index < -0.39 is 17.8 Å². The highest BCUT2D eigenvalue weighted by atomic mass is 32.1. The number of aromatic nitrogens is 1. The zero-order valence-corrected chi connectivity index (χ0v) is 11.3. The molecule has 0 aliphatic rings. The third kappa shape index (κ3) is 3.15. The minimum absolute atomic E-state index is 0.0283. The van der Waals surface area contributed by atoms with Crippen LogP contribution in [0.25, 0.3) is 0 Å². The first kappa shape index (κ1) is 13.6. The monoisotopic (exact) mass is 280 g/mol. The molecule has 2 N–H and O–H groups in total. The molecule has 0 bridgehead atoms. The summed E-state index contributed by atoms with van der Waals surface area (Å²) >= 11 is 1.18. The van der Waals surface area contributed by atoms with Gasteiger partial charge in [-0.15, -0.1) is 11.3 Å². The number of nitrogens with zero attached hydrogens (tertiary/aromatic N) is 1. The molecule has 1 aromatic heterocycles. The molecule has 1 heterocycles. The first-order valence-electron chi connectivity index (χ1n) is 5.68. The molecule has 0 fully saturated rings. The van der Waals surface area contributed by atoms with Crippen LogP contribution in [0.5, 0.6) is 0 Å². The topological polar surface area (TPSA) is 62.2 Å². The number of aryl methyl sites for hydroxylation is 1. The molecule has 0 saturated carbocycles. The predicted molar refractivity (Wildman–Crippen MR) is 71.8 cm³/mol. The maximum Gasteiger partial charge on any atom is 0.260 e. The molecule has 4 nitrogen and oxygen atoms in total. The van der Waals surface area contributed by atoms with Crippen molar-refractivity contribution in [2.24, 2.45) is 0 Å². The van der Waals surface area contributed by atoms with Crippen molar-refractivity contribution in [1.82, 2.24) is 4.98 Å². The average molecular weight is 280 g/mol. The third-order valence-corrected chi connectivity index (χ3v) is 3.32. The average Bonchev–Trinajstić information content (AvgIpc) is 2.77. The Hall–Kier alpha value is -1.79. The number of hydrogen-bond donors (Lipinski definition) is 2. The molecule has 1 unspecified atom stereocenters. The number of benzene rings is 1. The van der Waals surface area contributed by atoms with E-state index in [9.17, 15) is 14.3 Å². The molecule has 6 heteroatoms. The van der Waals surface area contributed by atoms with E-state index in [1.54, 1.807) is 25.3 Å². The number of anilines is 1. The molecule has 0 aliphatic heterocycles. The molecule has 2 aromatic rings. The van der Waals surface area contributed by atoms with Gasteiger partial charge in [0.05, 0.1) is 17.4 Å². The van der Waals surface area contributed by atoms with E-state index in [4.69, 9.17) is 0 Å². The largest absolute Gasteiger partial charge is 0.387 e. The molecule has 1 aromatic carbocycles. The second kappa shape index (κ2) is 5.46. The lowest BCUT2D eigenvalue weighted by atomic mass is 10.1. The number of halogens is 1. The van der Waals surface area contributed by atoms with E-state index in [2.05, 4.69) is 10.3 Å². The normalized spacial score (nSPS) is 12.2. The van der Waals surface area contributed by atoms with E-state index in [1.165, 1.54) is 23.5 Å². The minimum atomic E-state index is -0.696. The van der Waals surface area contributed by atoms with Crippen LogP contribution in [0.15, 0.2) is 23.6 Å². The smallest absolute Gasteiger partial charge is 0.260 e. The van der Waals surface area contributed by atoms with Crippen molar-refractivity contribution in [3.63, 3.8) is 0 Å². The van der Waals surface area contributed by atoms with Crippen LogP contribution in [-0.4, -0.2) is 16.0 Å². The van der Waals surface area contributed by atoms with Crippen LogP contribution in [0, 0.1) is 12.7 Å². The van der Waals surface area contributed by atoms with Crippen molar-refractivity contribution in [3.8, 4) is 0 Å². The standard InChI is InChI=1S/C13H13FN2O2S/c1-7-3-4-9(10(14)5-7)12(18)16-13-15-11(6-19-13)8(2)17/h3-6,8,17H,1-2H3,(H,15,16,18). The highest BCUT2D eigenvalue weighted by Gasteiger charge is 2.14. The summed E-state index contributed by atoms with van der Waals surface area (Å²) in [5, 5.41) is 13.8. The summed E-state index contributed by atoms with van der Waals surface area (Å²) in [6.45, 7) is 3.33. The van der Waals surface area contributed by atoms with Crippen molar-refractivity contribution in [2.45, 2.75) is 20.0 Å². The van der Waals surface area contributed by atoms with Gasteiger partial charge in [0.25, 0.3) is 5.91 Å². The number of carbonyl (C=O) groups excluding carboxylic acids is 1. The van der Waals surface area contributed by atoms with Gasteiger partial charge in [-0.1, -0.05) is 6.07 Å². The first-order valence-corrected chi connectivity index (χ1v) is 6.56. The fourth-order valence-electron chi connectivity index (χ4n) is 1.50. The van der Waals surface area contributed by atoms with Gasteiger partial charge in [-0.3, -0.25) is 10.1 Å². The van der Waals surface area contributed by atoms with Crippen LogP contribution in [0.2, 0.25) is 0 Å². The molecular formula is C13H13FN2O2S. The van der Waals surface area contributed by atoms with Gasteiger partial charge in [0.2, 0.25) is 0 Å². The highest BCUT2D eigenvalue weighted by molar-refractivity contribution is 7.14. The van der Waals surface area contributed by atoms with Crippen LogP contribution in [-0.2, 0) is 0 Å². The third-order valence-electron chi connectivity index (χ3n) is 2.54. The number of carbonyl (C=O) groups is 1. The van der Waals surface area contributed by atoms with E-state index in [0.717, 1.165) is 5.56 Å². The van der Waals surface area contributed by atoms with Crippen molar-refractivity contribution in [3.05, 3.63) is 46.2 Å². The Balaban J connectivity index is 2.16. The van der Waals surface area contributed by atoms with Gasteiger partial charge in [-0.05, 0) is 31.5 Å². The van der Waals surface area contributed by atoms with E-state index in [1.807, 2.05) is 0 Å². The number of nitrogens with one attached hydrogen (secondary N) is 1. The minimum Gasteiger partial charge on any atom is -0.387 e. The van der Waals surface area contributed by atoms with Crippen LogP contribution in [0.4, 0.5) is 9.52 Å². The first-order chi connectivity index (χ1) is 8.97. The Bertz CT molecular complexity index is 610. The fraction of sp³-hybridized carbons (Fsp3) is 0.231. The number of amides is 1. The maximum atomic E-state index is 13.6. The summed E-state index contributed by atoms with van der Waals surface area (Å²) in [6.07, 6.45) is -0.696. The van der Waals surface area contributed by atoms with Gasteiger partial charge in [0.1, 0.15) is 5.82 Å². The zero-order chi connectivity index (χ0) is 14.0. The summed E-state index contributed by atoms with van der Waals surface area (Å²) in [5.41, 5.74) is 1.20. The summed E-state index contributed by atoms with van der Waals surface area (Å²) < 4.78 is 13.6. The molecular weight excluding hydrogens is 267 g/mol. The molecule has 0 aliphatic carbocycles. The van der Waals surface area contributed by atoms with Crippen LogP contribution < -0.4 is 5.32 Å². The second-order valence-electron chi connectivity index (χ2n) is 4.19. The van der Waals surface area contributed by atoms with Crippen LogP contribution >= 0.6 is 11.3 Å². The van der Waals surface area contributed by atoms with Crippen LogP contribution in [0.1, 0.15) is 34.6 Å². The molecule has 1 amide bonds. The quantitative estimate of drug-likeness (QED) is 0.908. The molecule has 100 valence electrons. The van der Waals surface area contributed by atoms with Gasteiger partial charge in [-0.2, -0.15) is 0 Å². The Morgan fingerprint density at radius 3 is 2.84 bits per heavy atom. The molecule has 1 atom stereocenters. The van der Waals surface area contributed by atoms with Crippen LogP contribution in [0.3, 0.4) is 0 Å². The second-order valence-corrected chi connectivity index (χ2v) is 5.05. The van der Waals surface area contributed by atoms with E-state index in [-0.39, 0.29) is 5.56 Å². The molecule has 2 rings (SSSR count). The molecule has 0 saturated heterocycles. The number of hydrogen-bond acceptors (Lipinski definition) is 4. The number of aliphatic hydroxyl groups is 1. The Labute approximate surface area is 113 Å². The Morgan fingerprint density at radius 1 is 1.53 bits per heavy atom. The van der Waals surface area contributed by atoms with Crippen molar-refractivity contribution < 1.29 is 14.3 Å². The van der Waals surface area contributed by atoms with Crippen molar-refractivity contribution in [1.29, 1.82) is 0 Å². The number of rotatable bonds is 3. The molecule has 0 radical (unpaired) electrons. The van der Waals surface area contributed by atoms with Gasteiger partial charge >= 0.3 is 0 Å². The summed E-state index contributed by atoms with van der Waals surface area (Å²) in [4.78, 5) is 15.9. The lowest BCUT2D eigenvalue weighted by Gasteiger charge is -2.04. The predicted octanol–water partition coefficient (Wildman–Crippen LogP) is 2.90. The number of aliphatic hydroxyl groups excluding tert-OH is 1. The summed E-state index contributed by atoms with van der Waals surface area (Å²) in [7, 11) is 0. The maximum absolute atomic E-state index is 13.6. The van der Waals surface area contributed by atoms with Crippen molar-refractivity contribution >= 4 is 22.4 Å². The molecule has 19 heavy (non-hydrogen) atoms. The Morgan fingerprint density at radius 2 is 2.26 bits per heavy atom. The van der Waals surface area contributed by atoms with Gasteiger partial charge in [0.15, 0.2) is 5.13 Å². The fourth-order valence-corrected chi connectivity index (χ4v) is 2.30. The summed E-state index contributed by atoms with van der Waals surface area (Å²) in [5.74, 6) is -1.12. The van der Waals surface area contributed by atoms with Gasteiger partial charge < -0.3 is 5.11 Å². The SMILES string of the molecule is Cc1ccc(C(=O)Nc2nc(C(C)O)cs2)c(F)c1. The van der Waals surface area contributed by atoms with Gasteiger partial charge in [0, 0.05) is 5.38 Å². The Kier molecular flexibility index (Phi) is 3.92. The van der Waals surface area contributed by atoms with E-state index >= 15 is 0 Å². The van der Waals surface area contributed by atoms with E-state index in [0.29, 0.717) is 10.8 Å². The summed E-state index contributed by atoms with van der Waals surface area (Å²) in [6, 6.07) is 4.41. The van der Waals surface area contributed by atoms with Crippen molar-refractivity contribution in [2.75, 3.05) is 5.32 Å². The number of thiazole rings is 1.